The van der Waals surface area contributed by atoms with Crippen molar-refractivity contribution in [1.82, 2.24) is 0 Å². The number of hydrogen-bond acceptors (Lipinski definition) is 0. The Balaban J connectivity index is 2.07. The van der Waals surface area contributed by atoms with Gasteiger partial charge < -0.3 is 0 Å². The summed E-state index contributed by atoms with van der Waals surface area (Å²) in [6, 6.07) is 24.6. The van der Waals surface area contributed by atoms with Gasteiger partial charge in [-0.15, -0.1) is 0 Å². The van der Waals surface area contributed by atoms with Crippen LogP contribution in [0.1, 0.15) is 65.6 Å². The van der Waals surface area contributed by atoms with E-state index in [1.807, 2.05) is 0 Å². The van der Waals surface area contributed by atoms with Crippen LogP contribution in [0.4, 0.5) is 0 Å². The third kappa shape index (κ3) is 4.28. The van der Waals surface area contributed by atoms with Crippen molar-refractivity contribution in [3.05, 3.63) is 112 Å². The molecule has 3 aromatic rings. The second-order valence-electron chi connectivity index (χ2n) is 7.79. The highest BCUT2D eigenvalue weighted by Crippen LogP contribution is 2.37. The normalized spacial score (nSPS) is 12.8. The Kier molecular flexibility index (Phi) is 6.52. The van der Waals surface area contributed by atoms with E-state index < -0.39 is 0 Å². The number of aryl methyl sites for hydroxylation is 3. The van der Waals surface area contributed by atoms with E-state index in [9.17, 15) is 0 Å². The standard InChI is InChI=1S/C28H32/c1-6-24-12-10-13-25(19-23-17-15-20(3)16-18-23)28(24)26(7-2)22(5)27-14-9-8-11-21(27)4/h7-18,22H,6,19H2,1-5H3/b26-7-. The van der Waals surface area contributed by atoms with Crippen LogP contribution in [-0.4, -0.2) is 0 Å². The first-order chi connectivity index (χ1) is 13.5. The van der Waals surface area contributed by atoms with Crippen molar-refractivity contribution in [1.29, 1.82) is 0 Å². The lowest BCUT2D eigenvalue weighted by molar-refractivity contribution is 0.956. The van der Waals surface area contributed by atoms with Crippen LogP contribution in [0.3, 0.4) is 0 Å². The van der Waals surface area contributed by atoms with Gasteiger partial charge in [0.2, 0.25) is 0 Å². The molecule has 0 bridgehead atoms. The fourth-order valence-electron chi connectivity index (χ4n) is 4.24. The van der Waals surface area contributed by atoms with Crippen molar-refractivity contribution in [2.75, 3.05) is 0 Å². The Morgan fingerprint density at radius 1 is 0.857 bits per heavy atom. The summed E-state index contributed by atoms with van der Waals surface area (Å²) in [4.78, 5) is 0. The molecule has 28 heavy (non-hydrogen) atoms. The number of hydrogen-bond donors (Lipinski definition) is 0. The Bertz CT molecular complexity index is 958. The van der Waals surface area contributed by atoms with Crippen LogP contribution in [0.15, 0.2) is 72.8 Å². The third-order valence-electron chi connectivity index (χ3n) is 5.85. The Labute approximate surface area is 171 Å². The molecule has 0 saturated heterocycles. The predicted octanol–water partition coefficient (Wildman–Crippen LogP) is 7.66. The molecule has 0 fully saturated rings. The topological polar surface area (TPSA) is 0 Å². The number of allylic oxidation sites excluding steroid dienone is 2. The van der Waals surface area contributed by atoms with E-state index in [1.54, 1.807) is 0 Å². The summed E-state index contributed by atoms with van der Waals surface area (Å²) in [6.07, 6.45) is 4.35. The summed E-state index contributed by atoms with van der Waals surface area (Å²) in [5, 5.41) is 0. The maximum absolute atomic E-state index is 2.35. The minimum atomic E-state index is 0.371. The first-order valence-corrected chi connectivity index (χ1v) is 10.4. The molecule has 0 heterocycles. The Morgan fingerprint density at radius 2 is 1.54 bits per heavy atom. The molecule has 1 atom stereocenters. The van der Waals surface area contributed by atoms with Crippen LogP contribution in [0.25, 0.3) is 5.57 Å². The van der Waals surface area contributed by atoms with Crippen molar-refractivity contribution in [3.63, 3.8) is 0 Å². The van der Waals surface area contributed by atoms with Gasteiger partial charge in [-0.05, 0) is 72.6 Å². The fourth-order valence-corrected chi connectivity index (χ4v) is 4.24. The number of benzene rings is 3. The zero-order chi connectivity index (χ0) is 20.1. The molecule has 3 aromatic carbocycles. The van der Waals surface area contributed by atoms with E-state index in [2.05, 4.69) is 107 Å². The molecule has 0 amide bonds. The van der Waals surface area contributed by atoms with E-state index in [0.29, 0.717) is 5.92 Å². The van der Waals surface area contributed by atoms with E-state index in [1.165, 1.54) is 44.5 Å². The van der Waals surface area contributed by atoms with Crippen molar-refractivity contribution in [2.24, 2.45) is 0 Å². The molecule has 0 aliphatic heterocycles. The zero-order valence-electron chi connectivity index (χ0n) is 17.9. The Morgan fingerprint density at radius 3 is 2.18 bits per heavy atom. The molecule has 0 saturated carbocycles. The van der Waals surface area contributed by atoms with Gasteiger partial charge in [0.25, 0.3) is 0 Å². The summed E-state index contributed by atoms with van der Waals surface area (Å²) in [6.45, 7) is 11.2. The monoisotopic (exact) mass is 368 g/mol. The first kappa shape index (κ1) is 20.1. The summed E-state index contributed by atoms with van der Waals surface area (Å²) >= 11 is 0. The van der Waals surface area contributed by atoms with Gasteiger partial charge in [0, 0.05) is 5.92 Å². The van der Waals surface area contributed by atoms with Gasteiger partial charge in [-0.2, -0.15) is 0 Å². The van der Waals surface area contributed by atoms with Crippen LogP contribution in [0.5, 0.6) is 0 Å². The van der Waals surface area contributed by atoms with Crippen LogP contribution >= 0.6 is 0 Å². The maximum Gasteiger partial charge on any atom is 0.00664 e. The minimum absolute atomic E-state index is 0.371. The SMILES string of the molecule is C/C=C(\c1c(CC)cccc1Cc1ccc(C)cc1)C(C)c1ccccc1C. The molecule has 1 unspecified atom stereocenters. The molecule has 0 nitrogen and oxygen atoms in total. The van der Waals surface area contributed by atoms with Crippen LogP contribution in [-0.2, 0) is 12.8 Å². The fraction of sp³-hybridized carbons (Fsp3) is 0.286. The molecule has 0 aromatic heterocycles. The van der Waals surface area contributed by atoms with E-state index in [4.69, 9.17) is 0 Å². The van der Waals surface area contributed by atoms with Crippen molar-refractivity contribution in [3.8, 4) is 0 Å². The van der Waals surface area contributed by atoms with Gasteiger partial charge in [-0.1, -0.05) is 92.2 Å². The molecule has 3 rings (SSSR count). The molecule has 0 heteroatoms. The quantitative estimate of drug-likeness (QED) is 0.419. The highest BCUT2D eigenvalue weighted by atomic mass is 14.2. The smallest absolute Gasteiger partial charge is 0.00664 e. The van der Waals surface area contributed by atoms with Crippen LogP contribution < -0.4 is 0 Å². The van der Waals surface area contributed by atoms with E-state index in [-0.39, 0.29) is 0 Å². The van der Waals surface area contributed by atoms with Gasteiger partial charge >= 0.3 is 0 Å². The number of rotatable bonds is 6. The third-order valence-corrected chi connectivity index (χ3v) is 5.85. The van der Waals surface area contributed by atoms with Crippen molar-refractivity contribution in [2.45, 2.75) is 53.4 Å². The van der Waals surface area contributed by atoms with Crippen molar-refractivity contribution >= 4 is 5.57 Å². The van der Waals surface area contributed by atoms with Gasteiger partial charge in [0.1, 0.15) is 0 Å². The summed E-state index contributed by atoms with van der Waals surface area (Å²) in [5.41, 5.74) is 11.2. The second kappa shape index (κ2) is 9.06. The van der Waals surface area contributed by atoms with Gasteiger partial charge in [-0.25, -0.2) is 0 Å². The molecule has 0 spiro atoms. The summed E-state index contributed by atoms with van der Waals surface area (Å²) in [5.74, 6) is 0.371. The lowest BCUT2D eigenvalue weighted by Gasteiger charge is -2.24. The molecule has 0 radical (unpaired) electrons. The highest BCUT2D eigenvalue weighted by Gasteiger charge is 2.19. The largest absolute Gasteiger partial charge is 0.0832 e. The minimum Gasteiger partial charge on any atom is -0.0832 e. The summed E-state index contributed by atoms with van der Waals surface area (Å²) in [7, 11) is 0. The second-order valence-corrected chi connectivity index (χ2v) is 7.79. The molecule has 0 aliphatic carbocycles. The molecule has 0 aliphatic rings. The molecule has 144 valence electrons. The summed E-state index contributed by atoms with van der Waals surface area (Å²) < 4.78 is 0. The van der Waals surface area contributed by atoms with Gasteiger partial charge in [-0.3, -0.25) is 0 Å². The lowest BCUT2D eigenvalue weighted by Crippen LogP contribution is -2.06. The lowest BCUT2D eigenvalue weighted by atomic mass is 9.80. The predicted molar refractivity (Wildman–Crippen MR) is 123 cm³/mol. The highest BCUT2D eigenvalue weighted by molar-refractivity contribution is 5.76. The maximum atomic E-state index is 2.35. The Hall–Kier alpha value is -2.60. The zero-order valence-corrected chi connectivity index (χ0v) is 17.9. The molecular formula is C28H32. The van der Waals surface area contributed by atoms with E-state index in [0.717, 1.165) is 12.8 Å². The molecule has 0 N–H and O–H groups in total. The average molecular weight is 369 g/mol. The van der Waals surface area contributed by atoms with Gasteiger partial charge in [0.15, 0.2) is 0 Å². The van der Waals surface area contributed by atoms with E-state index >= 15 is 0 Å². The van der Waals surface area contributed by atoms with Crippen LogP contribution in [0.2, 0.25) is 0 Å². The van der Waals surface area contributed by atoms with Gasteiger partial charge in [0.05, 0.1) is 0 Å². The average Bonchev–Trinajstić information content (AvgIpc) is 2.71. The molecular weight excluding hydrogens is 336 g/mol. The van der Waals surface area contributed by atoms with Crippen molar-refractivity contribution < 1.29 is 0 Å². The van der Waals surface area contributed by atoms with Crippen LogP contribution in [0, 0.1) is 13.8 Å². The first-order valence-electron chi connectivity index (χ1n) is 10.4.